The van der Waals surface area contributed by atoms with Crippen LogP contribution in [0.15, 0.2) is 53.3 Å². The highest BCUT2D eigenvalue weighted by Crippen LogP contribution is 2.27. The summed E-state index contributed by atoms with van der Waals surface area (Å²) in [5, 5.41) is 13.5. The Morgan fingerprint density at radius 3 is 2.27 bits per heavy atom. The quantitative estimate of drug-likeness (QED) is 0.378. The van der Waals surface area contributed by atoms with Crippen molar-refractivity contribution < 1.29 is 32.3 Å². The number of H-pyrrole nitrogens is 2. The molecule has 2 aromatic carbocycles. The van der Waals surface area contributed by atoms with E-state index in [0.717, 1.165) is 22.3 Å². The average molecular weight is 523 g/mol. The maximum absolute atomic E-state index is 13.4. The van der Waals surface area contributed by atoms with Crippen LogP contribution < -0.4 is 11.4 Å². The minimum atomic E-state index is -5.08. The normalized spacial score (nSPS) is 17.0. The molecule has 1 amide bonds. The van der Waals surface area contributed by atoms with Gasteiger partial charge in [-0.05, 0) is 29.2 Å². The largest absolute Gasteiger partial charge is 0.490 e. The van der Waals surface area contributed by atoms with Gasteiger partial charge in [-0.1, -0.05) is 49.4 Å². The molecular formula is C24H25F4N5O4. The molecule has 37 heavy (non-hydrogen) atoms. The molecule has 0 spiro atoms. The summed E-state index contributed by atoms with van der Waals surface area (Å²) >= 11 is 0. The SMILES string of the molecule is C[C@@H](c1ccc(-c2cccc(-c3n[nH]c(=O)[nH]3)c2)cc1)[C@H](N)C(=O)N1CC[C@H](F)C1.O=C(O)C(F)(F)F. The standard InChI is InChI=1S/C22H24FN5O2.C2HF3O2/c1-13(19(24)21(29)28-10-9-18(23)12-28)14-5-7-15(8-6-14)16-3-2-4-17(11-16)20-25-22(30)27-26-20;3-2(4,5)1(6)7/h2-8,11,13,18-19H,9-10,12,24H2,1H3,(H2,25,26,27,30);(H,6,7)/t13-,18-,19-;/m0./s1. The van der Waals surface area contributed by atoms with E-state index in [1.54, 1.807) is 0 Å². The van der Waals surface area contributed by atoms with Crippen LogP contribution in [0.5, 0.6) is 0 Å². The Labute approximate surface area is 208 Å². The number of carbonyl (C=O) groups excluding carboxylic acids is 1. The molecule has 2 heterocycles. The second-order valence-corrected chi connectivity index (χ2v) is 8.52. The first-order valence-electron chi connectivity index (χ1n) is 11.2. The lowest BCUT2D eigenvalue weighted by molar-refractivity contribution is -0.192. The number of aliphatic carboxylic acids is 1. The lowest BCUT2D eigenvalue weighted by Crippen LogP contribution is -2.45. The molecule has 0 bridgehead atoms. The number of rotatable bonds is 5. The van der Waals surface area contributed by atoms with Crippen LogP contribution in [-0.2, 0) is 9.59 Å². The van der Waals surface area contributed by atoms with Crippen molar-refractivity contribution in [3.63, 3.8) is 0 Å². The van der Waals surface area contributed by atoms with Crippen molar-refractivity contribution in [1.29, 1.82) is 0 Å². The molecular weight excluding hydrogens is 498 g/mol. The van der Waals surface area contributed by atoms with E-state index >= 15 is 0 Å². The molecule has 0 aliphatic carbocycles. The molecule has 198 valence electrons. The van der Waals surface area contributed by atoms with Crippen molar-refractivity contribution in [2.75, 3.05) is 13.1 Å². The van der Waals surface area contributed by atoms with Gasteiger partial charge in [0.15, 0.2) is 5.82 Å². The van der Waals surface area contributed by atoms with Crippen LogP contribution >= 0.6 is 0 Å². The summed E-state index contributed by atoms with van der Waals surface area (Å²) in [6, 6.07) is 14.8. The number of likely N-dealkylation sites (tertiary alicyclic amines) is 1. The van der Waals surface area contributed by atoms with E-state index in [4.69, 9.17) is 15.6 Å². The summed E-state index contributed by atoms with van der Waals surface area (Å²) in [6.45, 7) is 2.47. The zero-order valence-corrected chi connectivity index (χ0v) is 19.6. The number of aromatic nitrogens is 3. The number of nitrogens with one attached hydrogen (secondary N) is 2. The molecule has 1 fully saturated rings. The first kappa shape index (κ1) is 27.6. The third-order valence-electron chi connectivity index (χ3n) is 5.92. The fourth-order valence-electron chi connectivity index (χ4n) is 3.78. The Morgan fingerprint density at radius 1 is 1.14 bits per heavy atom. The Balaban J connectivity index is 0.000000479. The number of nitrogens with two attached hydrogens (primary N) is 1. The highest BCUT2D eigenvalue weighted by Gasteiger charge is 2.38. The molecule has 0 radical (unpaired) electrons. The van der Waals surface area contributed by atoms with E-state index in [-0.39, 0.29) is 24.1 Å². The van der Waals surface area contributed by atoms with Crippen LogP contribution in [0.3, 0.4) is 0 Å². The van der Waals surface area contributed by atoms with Crippen molar-refractivity contribution in [2.24, 2.45) is 5.73 Å². The Kier molecular flexibility index (Phi) is 8.48. The molecule has 0 unspecified atom stereocenters. The van der Waals surface area contributed by atoms with Gasteiger partial charge in [-0.25, -0.2) is 19.1 Å². The van der Waals surface area contributed by atoms with Crippen LogP contribution in [0.25, 0.3) is 22.5 Å². The lowest BCUT2D eigenvalue weighted by Gasteiger charge is -2.25. The lowest BCUT2D eigenvalue weighted by atomic mass is 9.91. The molecule has 1 aromatic heterocycles. The average Bonchev–Trinajstić information content (AvgIpc) is 3.51. The van der Waals surface area contributed by atoms with Gasteiger partial charge >= 0.3 is 17.8 Å². The van der Waals surface area contributed by atoms with Crippen LogP contribution in [0.4, 0.5) is 17.6 Å². The summed E-state index contributed by atoms with van der Waals surface area (Å²) < 4.78 is 45.1. The van der Waals surface area contributed by atoms with Crippen LogP contribution in [0.2, 0.25) is 0 Å². The highest BCUT2D eigenvalue weighted by molar-refractivity contribution is 5.83. The summed E-state index contributed by atoms with van der Waals surface area (Å²) in [5.74, 6) is -2.67. The third kappa shape index (κ3) is 7.03. The fourth-order valence-corrected chi connectivity index (χ4v) is 3.78. The van der Waals surface area contributed by atoms with Crippen LogP contribution in [0, 0.1) is 0 Å². The molecule has 13 heteroatoms. The first-order valence-corrected chi connectivity index (χ1v) is 11.2. The van der Waals surface area contributed by atoms with E-state index in [1.807, 2.05) is 55.5 Å². The molecule has 1 aliphatic rings. The first-order chi connectivity index (χ1) is 17.4. The van der Waals surface area contributed by atoms with Gasteiger partial charge in [0, 0.05) is 18.0 Å². The number of benzene rings is 2. The van der Waals surface area contributed by atoms with Gasteiger partial charge in [-0.2, -0.15) is 18.3 Å². The summed E-state index contributed by atoms with van der Waals surface area (Å²) in [6.07, 6.45) is -5.65. The molecule has 5 N–H and O–H groups in total. The van der Waals surface area contributed by atoms with Crippen molar-refractivity contribution in [2.45, 2.75) is 37.7 Å². The Hall–Kier alpha value is -4.00. The minimum Gasteiger partial charge on any atom is -0.475 e. The number of hydrogen-bond donors (Lipinski definition) is 4. The van der Waals surface area contributed by atoms with E-state index in [1.165, 1.54) is 4.90 Å². The molecule has 0 saturated carbocycles. The van der Waals surface area contributed by atoms with Crippen LogP contribution in [-0.4, -0.2) is 68.5 Å². The number of carbonyl (C=O) groups is 2. The predicted octanol–water partition coefficient (Wildman–Crippen LogP) is 3.07. The smallest absolute Gasteiger partial charge is 0.475 e. The number of carboxylic acid groups (broad SMARTS) is 1. The summed E-state index contributed by atoms with van der Waals surface area (Å²) in [4.78, 5) is 36.9. The summed E-state index contributed by atoms with van der Waals surface area (Å²) in [5.41, 5.74) is 9.56. The van der Waals surface area contributed by atoms with Crippen molar-refractivity contribution >= 4 is 11.9 Å². The van der Waals surface area contributed by atoms with Gasteiger partial charge in [0.25, 0.3) is 0 Å². The van der Waals surface area contributed by atoms with Gasteiger partial charge in [-0.15, -0.1) is 0 Å². The number of hydrogen-bond acceptors (Lipinski definition) is 5. The number of halogens is 4. The van der Waals surface area contributed by atoms with E-state index in [0.29, 0.717) is 18.8 Å². The van der Waals surface area contributed by atoms with Crippen molar-refractivity contribution in [3.8, 4) is 22.5 Å². The number of aromatic amines is 2. The number of carboxylic acids is 1. The highest BCUT2D eigenvalue weighted by atomic mass is 19.4. The maximum Gasteiger partial charge on any atom is 0.490 e. The predicted molar refractivity (Wildman–Crippen MR) is 126 cm³/mol. The molecule has 1 saturated heterocycles. The molecule has 3 atom stereocenters. The Morgan fingerprint density at radius 2 is 1.76 bits per heavy atom. The molecule has 1 aliphatic heterocycles. The Bertz CT molecular complexity index is 1290. The van der Waals surface area contributed by atoms with Gasteiger partial charge in [0.1, 0.15) is 6.17 Å². The van der Waals surface area contributed by atoms with Gasteiger partial charge in [0.05, 0.1) is 12.6 Å². The molecule has 4 rings (SSSR count). The number of nitrogens with zero attached hydrogens (tertiary/aromatic N) is 2. The minimum absolute atomic E-state index is 0.135. The van der Waals surface area contributed by atoms with Crippen LogP contribution in [0.1, 0.15) is 24.8 Å². The zero-order valence-electron chi connectivity index (χ0n) is 19.6. The molecule has 9 nitrogen and oxygen atoms in total. The van der Waals surface area contributed by atoms with Crippen molar-refractivity contribution in [3.05, 3.63) is 64.6 Å². The fraction of sp³-hybridized carbons (Fsp3) is 0.333. The van der Waals surface area contributed by atoms with Gasteiger partial charge < -0.3 is 15.7 Å². The topological polar surface area (TPSA) is 145 Å². The third-order valence-corrected chi connectivity index (χ3v) is 5.92. The summed E-state index contributed by atoms with van der Waals surface area (Å²) in [7, 11) is 0. The van der Waals surface area contributed by atoms with Crippen molar-refractivity contribution in [1.82, 2.24) is 20.1 Å². The van der Waals surface area contributed by atoms with Gasteiger partial charge in [-0.3, -0.25) is 9.78 Å². The molecule has 3 aromatic rings. The monoisotopic (exact) mass is 523 g/mol. The number of amides is 1. The van der Waals surface area contributed by atoms with E-state index in [9.17, 15) is 27.2 Å². The van der Waals surface area contributed by atoms with Gasteiger partial charge in [0.2, 0.25) is 5.91 Å². The van der Waals surface area contributed by atoms with E-state index in [2.05, 4.69) is 15.2 Å². The maximum atomic E-state index is 13.4. The number of alkyl halides is 4. The zero-order chi connectivity index (χ0) is 27.3. The second kappa shape index (κ2) is 11.4. The van der Waals surface area contributed by atoms with E-state index < -0.39 is 24.4 Å². The second-order valence-electron chi connectivity index (χ2n) is 8.52.